The van der Waals surface area contributed by atoms with Crippen LogP contribution >= 0.6 is 0 Å². The van der Waals surface area contributed by atoms with Crippen LogP contribution in [0.4, 0.5) is 0 Å². The van der Waals surface area contributed by atoms with Crippen LogP contribution in [0.2, 0.25) is 0 Å². The van der Waals surface area contributed by atoms with Crippen LogP contribution in [-0.2, 0) is 14.8 Å². The van der Waals surface area contributed by atoms with Crippen LogP contribution in [0.1, 0.15) is 5.56 Å². The second-order valence-electron chi connectivity index (χ2n) is 5.92. The minimum Gasteiger partial charge on any atom is -0.390 e. The fraction of sp³-hybridized carbons (Fsp3) is 0.600. The molecule has 22 heavy (non-hydrogen) atoms. The molecule has 0 bridgehead atoms. The molecule has 3 rings (SSSR count). The number of ether oxygens (including phenoxy) is 1. The molecule has 1 aromatic rings. The highest BCUT2D eigenvalue weighted by Gasteiger charge is 2.41. The van der Waals surface area contributed by atoms with Crippen LogP contribution in [0, 0.1) is 6.92 Å². The van der Waals surface area contributed by atoms with Crippen molar-refractivity contribution in [3.05, 3.63) is 29.8 Å². The third kappa shape index (κ3) is 3.04. The molecule has 2 aliphatic rings. The van der Waals surface area contributed by atoms with E-state index in [2.05, 4.69) is 4.90 Å². The van der Waals surface area contributed by atoms with Crippen molar-refractivity contribution in [2.24, 2.45) is 0 Å². The summed E-state index contributed by atoms with van der Waals surface area (Å²) in [6.07, 6.45) is -0.654. The van der Waals surface area contributed by atoms with Gasteiger partial charge in [0.2, 0.25) is 10.0 Å². The molecular weight excluding hydrogens is 304 g/mol. The minimum atomic E-state index is -3.54. The Labute approximate surface area is 131 Å². The number of hydrogen-bond donors (Lipinski definition) is 1. The Hall–Kier alpha value is -0.990. The van der Waals surface area contributed by atoms with Gasteiger partial charge in [-0.3, -0.25) is 4.90 Å². The zero-order valence-corrected chi connectivity index (χ0v) is 13.5. The second-order valence-corrected chi connectivity index (χ2v) is 7.86. The van der Waals surface area contributed by atoms with E-state index in [1.165, 1.54) is 4.31 Å². The van der Waals surface area contributed by atoms with Crippen molar-refractivity contribution in [3.63, 3.8) is 0 Å². The fourth-order valence-electron chi connectivity index (χ4n) is 3.06. The Morgan fingerprint density at radius 1 is 1.14 bits per heavy atom. The first kappa shape index (κ1) is 15.9. The van der Waals surface area contributed by atoms with Crippen LogP contribution in [0.15, 0.2) is 29.2 Å². The van der Waals surface area contributed by atoms with Crippen molar-refractivity contribution in [1.29, 1.82) is 0 Å². The maximum atomic E-state index is 12.7. The number of morpholine rings is 1. The van der Waals surface area contributed by atoms with E-state index in [0.717, 1.165) is 18.7 Å². The first-order valence-corrected chi connectivity index (χ1v) is 8.99. The molecule has 0 spiro atoms. The summed E-state index contributed by atoms with van der Waals surface area (Å²) in [5.74, 6) is 0. The van der Waals surface area contributed by atoms with Gasteiger partial charge in [0, 0.05) is 26.2 Å². The summed E-state index contributed by atoms with van der Waals surface area (Å²) in [6, 6.07) is 6.68. The van der Waals surface area contributed by atoms with E-state index in [9.17, 15) is 13.5 Å². The van der Waals surface area contributed by atoms with Crippen LogP contribution in [0.5, 0.6) is 0 Å². The zero-order valence-electron chi connectivity index (χ0n) is 12.7. The molecule has 0 saturated carbocycles. The molecule has 122 valence electrons. The van der Waals surface area contributed by atoms with Gasteiger partial charge in [-0.2, -0.15) is 4.31 Å². The monoisotopic (exact) mass is 326 g/mol. The zero-order chi connectivity index (χ0) is 15.7. The molecule has 0 unspecified atom stereocenters. The molecule has 0 amide bonds. The highest BCUT2D eigenvalue weighted by atomic mass is 32.2. The standard InChI is InChI=1S/C15H22N2O4S/c1-12-2-4-13(5-3-12)22(19,20)17-10-14(15(18)11-17)16-6-8-21-9-7-16/h2-5,14-15,18H,6-11H2,1H3/t14-,15-/m1/s1. The molecule has 7 heteroatoms. The quantitative estimate of drug-likeness (QED) is 0.851. The van der Waals surface area contributed by atoms with Gasteiger partial charge < -0.3 is 9.84 Å². The lowest BCUT2D eigenvalue weighted by molar-refractivity contribution is -0.00602. The number of nitrogens with zero attached hydrogens (tertiary/aromatic N) is 2. The van der Waals surface area contributed by atoms with Crippen LogP contribution < -0.4 is 0 Å². The van der Waals surface area contributed by atoms with E-state index in [1.54, 1.807) is 24.3 Å². The molecule has 2 aliphatic heterocycles. The van der Waals surface area contributed by atoms with Gasteiger partial charge >= 0.3 is 0 Å². The predicted octanol–water partition coefficient (Wildman–Crippen LogP) is 0.0610. The van der Waals surface area contributed by atoms with E-state index in [-0.39, 0.29) is 17.5 Å². The molecule has 0 radical (unpaired) electrons. The number of aliphatic hydroxyl groups is 1. The van der Waals surface area contributed by atoms with Crippen LogP contribution in [0.3, 0.4) is 0 Å². The summed E-state index contributed by atoms with van der Waals surface area (Å²) in [4.78, 5) is 2.41. The topological polar surface area (TPSA) is 70.1 Å². The summed E-state index contributed by atoms with van der Waals surface area (Å²) in [5.41, 5.74) is 1.02. The van der Waals surface area contributed by atoms with E-state index in [0.29, 0.717) is 19.8 Å². The van der Waals surface area contributed by atoms with Gasteiger partial charge in [-0.15, -0.1) is 0 Å². The van der Waals surface area contributed by atoms with Crippen molar-refractivity contribution in [1.82, 2.24) is 9.21 Å². The number of β-amino-alcohol motifs (C(OH)–C–C–N with tert-alkyl or cyclic N) is 1. The minimum absolute atomic E-state index is 0.149. The van der Waals surface area contributed by atoms with Crippen molar-refractivity contribution in [2.45, 2.75) is 24.0 Å². The van der Waals surface area contributed by atoms with Crippen molar-refractivity contribution in [3.8, 4) is 0 Å². The predicted molar refractivity (Wildman–Crippen MR) is 82.1 cm³/mol. The Morgan fingerprint density at radius 3 is 2.41 bits per heavy atom. The van der Waals surface area contributed by atoms with E-state index in [4.69, 9.17) is 4.74 Å². The van der Waals surface area contributed by atoms with Gasteiger partial charge in [-0.1, -0.05) is 17.7 Å². The highest BCUT2D eigenvalue weighted by molar-refractivity contribution is 7.89. The van der Waals surface area contributed by atoms with Gasteiger partial charge in [0.15, 0.2) is 0 Å². The third-order valence-electron chi connectivity index (χ3n) is 4.40. The van der Waals surface area contributed by atoms with E-state index in [1.807, 2.05) is 6.92 Å². The number of aryl methyl sites for hydroxylation is 1. The molecule has 2 fully saturated rings. The first-order valence-electron chi connectivity index (χ1n) is 7.55. The summed E-state index contributed by atoms with van der Waals surface area (Å²) in [6.45, 7) is 5.14. The normalized spacial score (nSPS) is 28.1. The summed E-state index contributed by atoms with van der Waals surface area (Å²) in [7, 11) is -3.54. The Kier molecular flexibility index (Phi) is 4.52. The van der Waals surface area contributed by atoms with Crippen LogP contribution in [0.25, 0.3) is 0 Å². The number of benzene rings is 1. The second kappa shape index (κ2) is 6.25. The van der Waals surface area contributed by atoms with Gasteiger partial charge in [-0.25, -0.2) is 8.42 Å². The van der Waals surface area contributed by atoms with Gasteiger partial charge in [0.25, 0.3) is 0 Å². The lowest BCUT2D eigenvalue weighted by atomic mass is 10.2. The van der Waals surface area contributed by atoms with E-state index >= 15 is 0 Å². The average molecular weight is 326 g/mol. The molecule has 2 heterocycles. The SMILES string of the molecule is Cc1ccc(S(=O)(=O)N2C[C@@H](O)[C@H](N3CCOCC3)C2)cc1. The average Bonchev–Trinajstić information content (AvgIpc) is 2.91. The Morgan fingerprint density at radius 2 is 1.77 bits per heavy atom. The molecule has 2 saturated heterocycles. The smallest absolute Gasteiger partial charge is 0.243 e. The molecular formula is C15H22N2O4S. The molecule has 0 aliphatic carbocycles. The summed E-state index contributed by atoms with van der Waals surface area (Å²) < 4.78 is 32.1. The maximum Gasteiger partial charge on any atom is 0.243 e. The Bertz CT molecular complexity index is 611. The van der Waals surface area contributed by atoms with Crippen molar-refractivity contribution in [2.75, 3.05) is 39.4 Å². The van der Waals surface area contributed by atoms with Gasteiger partial charge in [-0.05, 0) is 19.1 Å². The van der Waals surface area contributed by atoms with E-state index < -0.39 is 16.1 Å². The molecule has 1 aromatic carbocycles. The lowest BCUT2D eigenvalue weighted by Gasteiger charge is -2.33. The lowest BCUT2D eigenvalue weighted by Crippen LogP contribution is -2.49. The number of sulfonamides is 1. The Balaban J connectivity index is 1.76. The molecule has 0 aromatic heterocycles. The van der Waals surface area contributed by atoms with Crippen molar-refractivity contribution >= 4 is 10.0 Å². The number of aliphatic hydroxyl groups excluding tert-OH is 1. The summed E-state index contributed by atoms with van der Waals surface area (Å²) >= 11 is 0. The molecule has 6 nitrogen and oxygen atoms in total. The van der Waals surface area contributed by atoms with Crippen molar-refractivity contribution < 1.29 is 18.3 Å². The molecule has 1 N–H and O–H groups in total. The van der Waals surface area contributed by atoms with Gasteiger partial charge in [0.05, 0.1) is 30.3 Å². The fourth-order valence-corrected chi connectivity index (χ4v) is 4.53. The molecule has 2 atom stereocenters. The first-order chi connectivity index (χ1) is 10.5. The van der Waals surface area contributed by atoms with Crippen LogP contribution in [-0.4, -0.2) is 74.3 Å². The highest BCUT2D eigenvalue weighted by Crippen LogP contribution is 2.24. The number of hydrogen-bond acceptors (Lipinski definition) is 5. The third-order valence-corrected chi connectivity index (χ3v) is 6.24. The maximum absolute atomic E-state index is 12.7. The largest absolute Gasteiger partial charge is 0.390 e. The number of rotatable bonds is 3. The summed E-state index contributed by atoms with van der Waals surface area (Å²) in [5, 5.41) is 10.3. The van der Waals surface area contributed by atoms with Gasteiger partial charge in [0.1, 0.15) is 0 Å².